The molecular weight excluding hydrogens is 344 g/mol. The average molecular weight is 372 g/mol. The highest BCUT2D eigenvalue weighted by molar-refractivity contribution is 5.73. The van der Waals surface area contributed by atoms with Gasteiger partial charge < -0.3 is 21.3 Å². The number of aliphatic hydroxyl groups excluding tert-OH is 2. The molecular formula is C16H28N4O6. The van der Waals surface area contributed by atoms with Crippen LogP contribution >= 0.6 is 0 Å². The zero-order valence-electron chi connectivity index (χ0n) is 14.8. The molecule has 26 heavy (non-hydrogen) atoms. The molecule has 1 rings (SSSR count). The van der Waals surface area contributed by atoms with Crippen molar-refractivity contribution in [3.05, 3.63) is 38.4 Å². The zero-order chi connectivity index (χ0) is 19.8. The van der Waals surface area contributed by atoms with Gasteiger partial charge in [0.2, 0.25) is 0 Å². The molecule has 0 atom stereocenters. The summed E-state index contributed by atoms with van der Waals surface area (Å²) in [6.07, 6.45) is 5.06. The molecule has 0 amide bonds. The summed E-state index contributed by atoms with van der Waals surface area (Å²) in [5, 5.41) is 41.3. The summed E-state index contributed by atoms with van der Waals surface area (Å²) >= 11 is 0. The van der Waals surface area contributed by atoms with Gasteiger partial charge in [-0.15, -0.1) is 0 Å². The Balaban J connectivity index is 0.000000758. The fraction of sp³-hybridized carbons (Fsp3) is 0.625. The summed E-state index contributed by atoms with van der Waals surface area (Å²) in [6, 6.07) is 3.74. The average Bonchev–Trinajstić information content (AvgIpc) is 2.62. The number of para-hydroxylation sites is 1. The normalized spacial score (nSPS) is 9.96. The van der Waals surface area contributed by atoms with E-state index in [1.54, 1.807) is 0 Å². The first kappa shape index (κ1) is 23.7. The number of nitrogens with two attached hydrogens (primary N) is 1. The number of rotatable bonds is 12. The Labute approximate surface area is 152 Å². The lowest BCUT2D eigenvalue weighted by Crippen LogP contribution is -2.07. The third kappa shape index (κ3) is 9.87. The molecule has 0 unspecified atom stereocenters. The van der Waals surface area contributed by atoms with E-state index in [1.165, 1.54) is 18.2 Å². The molecule has 0 aromatic heterocycles. The van der Waals surface area contributed by atoms with Gasteiger partial charge in [-0.2, -0.15) is 0 Å². The molecule has 0 saturated carbocycles. The van der Waals surface area contributed by atoms with Crippen LogP contribution in [0.2, 0.25) is 0 Å². The smallest absolute Gasteiger partial charge is 0.299 e. The minimum absolute atomic E-state index is 0.0681. The Morgan fingerprint density at radius 3 is 1.81 bits per heavy atom. The van der Waals surface area contributed by atoms with Crippen LogP contribution in [0.5, 0.6) is 0 Å². The molecule has 148 valence electrons. The topological polar surface area (TPSA) is 165 Å². The molecule has 0 spiro atoms. The van der Waals surface area contributed by atoms with Crippen LogP contribution in [0, 0.1) is 20.2 Å². The third-order valence-electron chi connectivity index (χ3n) is 3.41. The molecule has 0 radical (unpaired) electrons. The largest absolute Gasteiger partial charge is 0.396 e. The lowest BCUT2D eigenvalue weighted by Gasteiger charge is -2.07. The van der Waals surface area contributed by atoms with Crippen molar-refractivity contribution in [3.8, 4) is 0 Å². The summed E-state index contributed by atoms with van der Waals surface area (Å²) in [5.41, 5.74) is 4.50. The van der Waals surface area contributed by atoms with Crippen LogP contribution in [0.15, 0.2) is 18.2 Å². The first-order valence-electron chi connectivity index (χ1n) is 8.57. The van der Waals surface area contributed by atoms with Crippen molar-refractivity contribution in [2.75, 3.05) is 31.6 Å². The molecule has 0 bridgehead atoms. The number of nitrogens with zero attached hydrogens (tertiary/aromatic N) is 2. The van der Waals surface area contributed by atoms with E-state index in [1.807, 2.05) is 0 Å². The second kappa shape index (κ2) is 15.0. The predicted octanol–water partition coefficient (Wildman–Crippen LogP) is 2.19. The van der Waals surface area contributed by atoms with E-state index < -0.39 is 9.85 Å². The minimum Gasteiger partial charge on any atom is -0.396 e. The molecule has 1 aromatic carbocycles. The summed E-state index contributed by atoms with van der Waals surface area (Å²) in [6.45, 7) is 1.53. The Bertz CT molecular complexity index is 505. The number of benzene rings is 1. The summed E-state index contributed by atoms with van der Waals surface area (Å²) in [5.74, 6) is 0. The van der Waals surface area contributed by atoms with Crippen LogP contribution in [0.25, 0.3) is 0 Å². The van der Waals surface area contributed by atoms with Crippen molar-refractivity contribution in [2.24, 2.45) is 5.73 Å². The van der Waals surface area contributed by atoms with Crippen LogP contribution in [0.4, 0.5) is 17.1 Å². The monoisotopic (exact) mass is 372 g/mol. The lowest BCUT2D eigenvalue weighted by molar-refractivity contribution is -0.392. The molecule has 10 heteroatoms. The minimum atomic E-state index is -0.650. The fourth-order valence-corrected chi connectivity index (χ4v) is 2.07. The molecule has 0 fully saturated rings. The van der Waals surface area contributed by atoms with Crippen LogP contribution < -0.4 is 11.1 Å². The number of unbranched alkanes of at least 4 members (excludes halogenated alkanes) is 4. The van der Waals surface area contributed by atoms with Gasteiger partial charge >= 0.3 is 0 Å². The van der Waals surface area contributed by atoms with Crippen LogP contribution in [0.1, 0.15) is 38.5 Å². The van der Waals surface area contributed by atoms with E-state index >= 15 is 0 Å². The maximum atomic E-state index is 10.8. The fourth-order valence-electron chi connectivity index (χ4n) is 2.07. The van der Waals surface area contributed by atoms with Crippen molar-refractivity contribution in [3.63, 3.8) is 0 Å². The second-order valence-electron chi connectivity index (χ2n) is 5.47. The van der Waals surface area contributed by atoms with Gasteiger partial charge in [-0.1, -0.05) is 0 Å². The van der Waals surface area contributed by atoms with Crippen molar-refractivity contribution >= 4 is 17.1 Å². The second-order valence-corrected chi connectivity index (χ2v) is 5.47. The van der Waals surface area contributed by atoms with Gasteiger partial charge in [-0.05, 0) is 51.1 Å². The molecule has 5 N–H and O–H groups in total. The molecule has 0 aliphatic carbocycles. The lowest BCUT2D eigenvalue weighted by atomic mass is 10.2. The van der Waals surface area contributed by atoms with Gasteiger partial charge in [0.15, 0.2) is 5.69 Å². The highest BCUT2D eigenvalue weighted by Gasteiger charge is 2.23. The van der Waals surface area contributed by atoms with Crippen LogP contribution in [0.3, 0.4) is 0 Å². The maximum Gasteiger partial charge on any atom is 0.299 e. The Morgan fingerprint density at radius 2 is 1.38 bits per heavy atom. The summed E-state index contributed by atoms with van der Waals surface area (Å²) in [4.78, 5) is 20.4. The quantitative estimate of drug-likeness (QED) is 0.246. The third-order valence-corrected chi connectivity index (χ3v) is 3.41. The molecule has 0 saturated heterocycles. The standard InChI is InChI=1S/C11H15N3O5.C5H13NO/c15-8-3-1-2-7-12-11-9(13(16)17)5-4-6-10(11)14(18)19;6-4-2-1-3-5-7/h4-6,12,15H,1-3,7-8H2;7H,1-6H2. The van der Waals surface area contributed by atoms with E-state index in [0.717, 1.165) is 32.2 Å². The van der Waals surface area contributed by atoms with Crippen LogP contribution in [-0.4, -0.2) is 46.4 Å². The number of hydrogen-bond donors (Lipinski definition) is 4. The number of aliphatic hydroxyl groups is 2. The van der Waals surface area contributed by atoms with E-state index in [4.69, 9.17) is 15.9 Å². The predicted molar refractivity (Wildman–Crippen MR) is 99.2 cm³/mol. The summed E-state index contributed by atoms with van der Waals surface area (Å²) < 4.78 is 0. The van der Waals surface area contributed by atoms with Crippen LogP contribution in [-0.2, 0) is 0 Å². The molecule has 0 aliphatic heterocycles. The first-order chi connectivity index (χ1) is 12.5. The van der Waals surface area contributed by atoms with Crippen molar-refractivity contribution in [1.29, 1.82) is 0 Å². The maximum absolute atomic E-state index is 10.8. The van der Waals surface area contributed by atoms with E-state index in [-0.39, 0.29) is 23.7 Å². The van der Waals surface area contributed by atoms with E-state index in [2.05, 4.69) is 5.32 Å². The SMILES string of the molecule is NCCCCCO.O=[N+]([O-])c1cccc([N+](=O)[O-])c1NCCCCCO. The van der Waals surface area contributed by atoms with Crippen molar-refractivity contribution in [1.82, 2.24) is 0 Å². The van der Waals surface area contributed by atoms with Crippen molar-refractivity contribution < 1.29 is 20.1 Å². The van der Waals surface area contributed by atoms with E-state index in [9.17, 15) is 20.2 Å². The Kier molecular flexibility index (Phi) is 13.7. The number of nitro benzene ring substituents is 2. The van der Waals surface area contributed by atoms with Gasteiger partial charge in [-0.3, -0.25) is 20.2 Å². The molecule has 1 aromatic rings. The van der Waals surface area contributed by atoms with Gasteiger partial charge in [0.05, 0.1) is 9.85 Å². The number of hydrogen-bond acceptors (Lipinski definition) is 8. The zero-order valence-corrected chi connectivity index (χ0v) is 14.8. The van der Waals surface area contributed by atoms with E-state index in [0.29, 0.717) is 26.0 Å². The van der Waals surface area contributed by atoms with Crippen molar-refractivity contribution in [2.45, 2.75) is 38.5 Å². The summed E-state index contributed by atoms with van der Waals surface area (Å²) in [7, 11) is 0. The van der Waals surface area contributed by atoms with Gasteiger partial charge in [0.25, 0.3) is 11.4 Å². The highest BCUT2D eigenvalue weighted by atomic mass is 16.6. The van der Waals surface area contributed by atoms with Gasteiger partial charge in [0, 0.05) is 31.9 Å². The Morgan fingerprint density at radius 1 is 0.885 bits per heavy atom. The number of nitro groups is 2. The highest BCUT2D eigenvalue weighted by Crippen LogP contribution is 2.33. The molecule has 0 heterocycles. The van der Waals surface area contributed by atoms with Gasteiger partial charge in [-0.25, -0.2) is 0 Å². The van der Waals surface area contributed by atoms with Gasteiger partial charge in [0.1, 0.15) is 0 Å². The Hall–Kier alpha value is -2.30. The number of anilines is 1. The number of nitrogens with one attached hydrogen (secondary N) is 1. The molecule has 0 aliphatic rings. The first-order valence-corrected chi connectivity index (χ1v) is 8.57. The molecule has 10 nitrogen and oxygen atoms in total.